The second-order valence-corrected chi connectivity index (χ2v) is 15.6. The topological polar surface area (TPSA) is 105 Å². The Bertz CT molecular complexity index is 2390. The van der Waals surface area contributed by atoms with E-state index in [0.717, 1.165) is 88.9 Å². The Hall–Kier alpha value is -6.08. The number of unbranched alkanes of at least 4 members (excludes halogenated alkanes) is 2. The summed E-state index contributed by atoms with van der Waals surface area (Å²) in [4.78, 5) is 4.68. The van der Waals surface area contributed by atoms with Gasteiger partial charge in [-0.2, -0.15) is 0 Å². The first kappa shape index (κ1) is 38.8. The highest BCUT2D eigenvalue weighted by Gasteiger charge is 2.40. The third-order valence-electron chi connectivity index (χ3n) is 11.9. The highest BCUT2D eigenvalue weighted by molar-refractivity contribution is 5.97. The fourth-order valence-corrected chi connectivity index (χ4v) is 8.77. The summed E-state index contributed by atoms with van der Waals surface area (Å²) < 4.78 is 0. The van der Waals surface area contributed by atoms with Crippen molar-refractivity contribution in [2.75, 3.05) is 34.4 Å². The van der Waals surface area contributed by atoms with Crippen LogP contribution in [0.4, 0.5) is 34.1 Å². The molecule has 0 radical (unpaired) electrons. The third kappa shape index (κ3) is 7.42. The maximum Gasteiger partial charge on any atom is 0.0540 e. The smallest absolute Gasteiger partial charge is 0.0540 e. The summed E-state index contributed by atoms with van der Waals surface area (Å²) in [6.45, 7) is 6.46. The van der Waals surface area contributed by atoms with Crippen molar-refractivity contribution < 1.29 is 10.2 Å². The van der Waals surface area contributed by atoms with Gasteiger partial charge in [0.1, 0.15) is 0 Å². The molecule has 0 spiro atoms. The lowest BCUT2D eigenvalue weighted by Crippen LogP contribution is -2.63. The monoisotopic (exact) mass is 764 g/mol. The van der Waals surface area contributed by atoms with Gasteiger partial charge in [-0.25, -0.2) is 0 Å². The average Bonchev–Trinajstić information content (AvgIpc) is 3.26. The predicted octanol–water partition coefficient (Wildman–Crippen LogP) is 10.6. The maximum absolute atomic E-state index is 14.2. The average molecular weight is 765 g/mol. The van der Waals surface area contributed by atoms with Crippen molar-refractivity contribution in [3.8, 4) is 22.3 Å². The van der Waals surface area contributed by atoms with Crippen LogP contribution in [-0.2, 0) is 0 Å². The van der Waals surface area contributed by atoms with E-state index in [2.05, 4.69) is 103 Å². The summed E-state index contributed by atoms with van der Waals surface area (Å²) in [5.41, 5.74) is 24.1. The number of rotatable bonds is 14. The minimum Gasteiger partial charge on any atom is -0.851 e. The number of nitrogen functional groups attached to an aromatic ring is 2. The molecule has 0 bridgehead atoms. The zero-order valence-corrected chi connectivity index (χ0v) is 33.4. The van der Waals surface area contributed by atoms with Gasteiger partial charge >= 0.3 is 0 Å². The van der Waals surface area contributed by atoms with E-state index in [9.17, 15) is 10.2 Å². The van der Waals surface area contributed by atoms with E-state index in [1.165, 1.54) is 5.69 Å². The predicted molar refractivity (Wildman–Crippen MR) is 240 cm³/mol. The Balaban J connectivity index is 1.13. The zero-order chi connectivity index (χ0) is 40.2. The molecule has 4 N–H and O–H groups in total. The van der Waals surface area contributed by atoms with Crippen LogP contribution in [0.2, 0.25) is 0 Å². The van der Waals surface area contributed by atoms with Gasteiger partial charge in [-0.3, -0.25) is 0 Å². The third-order valence-corrected chi connectivity index (χ3v) is 11.9. The Morgan fingerprint density at radius 2 is 1.02 bits per heavy atom. The summed E-state index contributed by atoms with van der Waals surface area (Å²) >= 11 is 0. The van der Waals surface area contributed by atoms with Crippen LogP contribution in [0.3, 0.4) is 0 Å². The van der Waals surface area contributed by atoms with Gasteiger partial charge in [0.25, 0.3) is 0 Å². The Morgan fingerprint density at radius 3 is 1.57 bits per heavy atom. The van der Waals surface area contributed by atoms with Gasteiger partial charge < -0.3 is 31.5 Å². The molecule has 0 aromatic heterocycles. The number of benzene rings is 7. The molecule has 7 aromatic carbocycles. The van der Waals surface area contributed by atoms with E-state index in [4.69, 9.17) is 11.5 Å². The highest BCUT2D eigenvalue weighted by Crippen LogP contribution is 2.51. The van der Waals surface area contributed by atoms with Crippen LogP contribution >= 0.6 is 0 Å². The van der Waals surface area contributed by atoms with Crippen LogP contribution in [0.5, 0.6) is 0 Å². The highest BCUT2D eigenvalue weighted by atomic mass is 16.3. The fraction of sp³-hybridized carbons (Fsp3) is 0.231. The Kier molecular flexibility index (Phi) is 11.5. The quantitative estimate of drug-likeness (QED) is 0.107. The number of para-hydroxylation sites is 2. The second-order valence-electron chi connectivity index (χ2n) is 15.6. The first-order valence-corrected chi connectivity index (χ1v) is 20.8. The van der Waals surface area contributed by atoms with Gasteiger partial charge in [-0.05, 0) is 88.7 Å². The molecule has 6 heteroatoms. The largest absolute Gasteiger partial charge is 0.851 e. The second kappa shape index (κ2) is 17.2. The van der Waals surface area contributed by atoms with E-state index < -0.39 is 24.0 Å². The SMILES string of the molecule is CCCCN(CCCC)c1ccc2c(N)c(C3C([O-])C(c4ccc(N(c5ccccc5-c5ccccc5)c5ccccc5-c5ccccc5)cc4N)C3[O-])ccc2c1. The van der Waals surface area contributed by atoms with Gasteiger partial charge in [-0.1, -0.05) is 148 Å². The lowest BCUT2D eigenvalue weighted by Gasteiger charge is -2.62. The molecule has 7 aromatic rings. The van der Waals surface area contributed by atoms with Crippen LogP contribution in [0.25, 0.3) is 33.0 Å². The standard InChI is InChI=1S/C52H52N4O2/c1-3-5-31-55(32-6-4-2)38-26-29-42-37(33-38)25-28-44(50(42)54)49-51(57)48(52(49)58)43-30-27-39(34-45(43)53)56(46-23-15-13-21-40(46)35-17-9-7-10-18-35)47-24-16-14-22-41(47)36-19-11-8-12-20-36/h7-30,33-34,48-49,51-52H,3-6,31-32,53-54H2,1-2H3/q-2. The van der Waals surface area contributed by atoms with Crippen molar-refractivity contribution in [1.82, 2.24) is 0 Å². The molecule has 2 atom stereocenters. The van der Waals surface area contributed by atoms with E-state index in [1.54, 1.807) is 0 Å². The van der Waals surface area contributed by atoms with E-state index in [1.807, 2.05) is 78.9 Å². The summed E-state index contributed by atoms with van der Waals surface area (Å²) in [6.07, 6.45) is 2.20. The van der Waals surface area contributed by atoms with Crippen LogP contribution in [0, 0.1) is 0 Å². The molecule has 1 aliphatic rings. The molecule has 0 aliphatic heterocycles. The van der Waals surface area contributed by atoms with Crippen LogP contribution < -0.4 is 31.5 Å². The van der Waals surface area contributed by atoms with E-state index >= 15 is 0 Å². The molecule has 0 amide bonds. The van der Waals surface area contributed by atoms with Gasteiger partial charge in [0, 0.05) is 52.4 Å². The molecule has 294 valence electrons. The van der Waals surface area contributed by atoms with Crippen molar-refractivity contribution in [2.45, 2.75) is 63.6 Å². The molecule has 1 fully saturated rings. The molecule has 1 aliphatic carbocycles. The first-order valence-electron chi connectivity index (χ1n) is 20.8. The van der Waals surface area contributed by atoms with Crippen molar-refractivity contribution in [3.05, 3.63) is 169 Å². The lowest BCUT2D eigenvalue weighted by atomic mass is 9.62. The normalized spacial score (nSPS) is 17.5. The van der Waals surface area contributed by atoms with Gasteiger partial charge in [0.2, 0.25) is 0 Å². The minimum absolute atomic E-state index is 0.428. The summed E-state index contributed by atoms with van der Waals surface area (Å²) in [5, 5.41) is 30.3. The van der Waals surface area contributed by atoms with E-state index in [0.29, 0.717) is 22.5 Å². The molecule has 58 heavy (non-hydrogen) atoms. The van der Waals surface area contributed by atoms with Crippen molar-refractivity contribution in [2.24, 2.45) is 0 Å². The number of hydrogen-bond acceptors (Lipinski definition) is 6. The molecule has 6 nitrogen and oxygen atoms in total. The number of anilines is 6. The molecular weight excluding hydrogens is 713 g/mol. The summed E-state index contributed by atoms with van der Waals surface area (Å²) in [5.74, 6) is -1.55. The van der Waals surface area contributed by atoms with Crippen molar-refractivity contribution in [3.63, 3.8) is 0 Å². The number of nitrogens with two attached hydrogens (primary N) is 2. The molecular formula is C52H52N4O2-2. The Morgan fingerprint density at radius 1 is 0.517 bits per heavy atom. The van der Waals surface area contributed by atoms with Gasteiger partial charge in [0.05, 0.1) is 11.4 Å². The maximum atomic E-state index is 14.2. The molecule has 0 saturated heterocycles. The zero-order valence-electron chi connectivity index (χ0n) is 33.4. The van der Waals surface area contributed by atoms with Crippen molar-refractivity contribution >= 4 is 44.9 Å². The molecule has 0 heterocycles. The molecule has 8 rings (SSSR count). The van der Waals surface area contributed by atoms with E-state index in [-0.39, 0.29) is 0 Å². The van der Waals surface area contributed by atoms with Gasteiger partial charge in [0.15, 0.2) is 0 Å². The minimum atomic E-state index is -1.18. The lowest BCUT2D eigenvalue weighted by molar-refractivity contribution is -0.535. The van der Waals surface area contributed by atoms with Crippen LogP contribution in [0.15, 0.2) is 158 Å². The van der Waals surface area contributed by atoms with Crippen LogP contribution in [0.1, 0.15) is 62.5 Å². The van der Waals surface area contributed by atoms with Gasteiger partial charge in [-0.15, -0.1) is 12.2 Å². The Labute approximate surface area is 343 Å². The molecule has 1 saturated carbocycles. The fourth-order valence-electron chi connectivity index (χ4n) is 8.77. The van der Waals surface area contributed by atoms with Crippen LogP contribution in [-0.4, -0.2) is 25.3 Å². The molecule has 2 unspecified atom stereocenters. The first-order chi connectivity index (χ1) is 28.4. The summed E-state index contributed by atoms with van der Waals surface area (Å²) in [6, 6.07) is 53.5. The number of nitrogens with zero attached hydrogens (tertiary/aromatic N) is 2. The summed E-state index contributed by atoms with van der Waals surface area (Å²) in [7, 11) is 0. The number of fused-ring (bicyclic) bond motifs is 1. The number of hydrogen-bond donors (Lipinski definition) is 2. The van der Waals surface area contributed by atoms with Crippen molar-refractivity contribution in [1.29, 1.82) is 0 Å².